The summed E-state index contributed by atoms with van der Waals surface area (Å²) in [6, 6.07) is 11.5. The van der Waals surface area contributed by atoms with Crippen molar-refractivity contribution in [2.75, 3.05) is 38.3 Å². The van der Waals surface area contributed by atoms with Gasteiger partial charge < -0.3 is 30.5 Å². The minimum atomic E-state index is -2.77. The molecule has 75 heavy (non-hydrogen) atoms. The predicted molar refractivity (Wildman–Crippen MR) is 298 cm³/mol. The lowest BCUT2D eigenvalue weighted by Gasteiger charge is -2.41. The molecule has 4 aliphatic rings. The lowest BCUT2D eigenvalue weighted by atomic mass is 9.77. The van der Waals surface area contributed by atoms with Gasteiger partial charge in [0.1, 0.15) is 5.78 Å². The van der Waals surface area contributed by atoms with Gasteiger partial charge in [-0.3, -0.25) is 19.2 Å². The number of carbonyl (C=O) groups excluding carboxylic acids is 4. The molecule has 0 radical (unpaired) electrons. The van der Waals surface area contributed by atoms with E-state index in [1.54, 1.807) is 36.5 Å². The zero-order chi connectivity index (χ0) is 54.0. The first-order valence-electron chi connectivity index (χ1n) is 27.2. The van der Waals surface area contributed by atoms with Crippen molar-refractivity contribution in [1.82, 2.24) is 25.8 Å². The number of halogens is 2. The van der Waals surface area contributed by atoms with Crippen LogP contribution in [0, 0.1) is 30.1 Å². The summed E-state index contributed by atoms with van der Waals surface area (Å²) in [5, 5.41) is 9.45. The maximum absolute atomic E-state index is 15.1. The molecule has 2 amide bonds. The lowest BCUT2D eigenvalue weighted by Crippen LogP contribution is -2.52. The number of hydrogen-bond acceptors (Lipinski definition) is 10. The van der Waals surface area contributed by atoms with Gasteiger partial charge in [-0.2, -0.15) is 0 Å². The molecule has 2 aliphatic heterocycles. The Morgan fingerprint density at radius 2 is 1.69 bits per heavy atom. The number of aromatic nitrogens is 1. The highest BCUT2D eigenvalue weighted by atomic mass is 32.1. The molecule has 2 aliphatic carbocycles. The molecular weight excluding hydrogens is 967 g/mol. The minimum absolute atomic E-state index is 0.0235. The van der Waals surface area contributed by atoms with Crippen molar-refractivity contribution in [2.45, 2.75) is 150 Å². The van der Waals surface area contributed by atoms with Crippen LogP contribution in [0.3, 0.4) is 0 Å². The van der Waals surface area contributed by atoms with Gasteiger partial charge in [0, 0.05) is 105 Å². The summed E-state index contributed by atoms with van der Waals surface area (Å²) in [6.45, 7) is 25.4. The van der Waals surface area contributed by atoms with E-state index < -0.39 is 17.9 Å². The topological polar surface area (TPSA) is 133 Å². The van der Waals surface area contributed by atoms with Crippen molar-refractivity contribution in [3.63, 3.8) is 0 Å². The third-order valence-corrected chi connectivity index (χ3v) is 17.0. The summed E-state index contributed by atoms with van der Waals surface area (Å²) in [6.07, 6.45) is 9.46. The lowest BCUT2D eigenvalue weighted by molar-refractivity contribution is -0.133. The molecule has 3 heterocycles. The molecule has 404 valence electrons. The van der Waals surface area contributed by atoms with Crippen molar-refractivity contribution < 1.29 is 32.7 Å². The second-order valence-electron chi connectivity index (χ2n) is 22.1. The number of fused-ring (bicyclic) bond motifs is 1. The van der Waals surface area contributed by atoms with Crippen LogP contribution in [0.1, 0.15) is 146 Å². The summed E-state index contributed by atoms with van der Waals surface area (Å²) in [5.74, 6) is -0.704. The van der Waals surface area contributed by atoms with Gasteiger partial charge in [-0.25, -0.2) is 13.8 Å². The summed E-state index contributed by atoms with van der Waals surface area (Å²) in [5.41, 5.74) is 10.9. The molecule has 1 aromatic heterocycles. The highest BCUT2D eigenvalue weighted by Gasteiger charge is 2.42. The van der Waals surface area contributed by atoms with Gasteiger partial charge in [0.25, 0.3) is 6.43 Å². The van der Waals surface area contributed by atoms with Crippen LogP contribution in [-0.4, -0.2) is 78.7 Å². The van der Waals surface area contributed by atoms with E-state index in [1.165, 1.54) is 5.70 Å². The number of hydrogen-bond donors (Lipinski definition) is 3. The molecule has 3 N–H and O–H groups in total. The van der Waals surface area contributed by atoms with Crippen molar-refractivity contribution >= 4 is 46.0 Å². The number of alkyl halides is 2. The molecular formula is C61H80F2N6O5S. The minimum Gasteiger partial charge on any atom is -0.384 e. The molecule has 0 bridgehead atoms. The van der Waals surface area contributed by atoms with Gasteiger partial charge in [-0.05, 0) is 135 Å². The Morgan fingerprint density at radius 1 is 0.960 bits per heavy atom. The van der Waals surface area contributed by atoms with Gasteiger partial charge in [0.05, 0.1) is 22.1 Å². The van der Waals surface area contributed by atoms with Gasteiger partial charge in [0.2, 0.25) is 11.8 Å². The largest absolute Gasteiger partial charge is 0.384 e. The molecule has 3 aromatic rings. The van der Waals surface area contributed by atoms with E-state index in [9.17, 15) is 19.2 Å². The van der Waals surface area contributed by atoms with Crippen LogP contribution >= 0.6 is 11.3 Å². The second kappa shape index (κ2) is 25.9. The summed E-state index contributed by atoms with van der Waals surface area (Å²) < 4.78 is 35.8. The quantitative estimate of drug-likeness (QED) is 0.0627. The third kappa shape index (κ3) is 14.2. The Kier molecular flexibility index (Phi) is 19.7. The summed E-state index contributed by atoms with van der Waals surface area (Å²) in [7, 11) is 2.12. The highest BCUT2D eigenvalue weighted by molar-refractivity contribution is 7.13. The van der Waals surface area contributed by atoms with E-state index in [4.69, 9.17) is 4.74 Å². The van der Waals surface area contributed by atoms with E-state index in [0.29, 0.717) is 74.9 Å². The van der Waals surface area contributed by atoms with Crippen LogP contribution in [0.2, 0.25) is 0 Å². The number of nitrogens with zero attached hydrogens (tertiary/aromatic N) is 3. The van der Waals surface area contributed by atoms with E-state index in [-0.39, 0.29) is 66.1 Å². The standard InChI is InChI=1S/C61H80F2N6O5S/c1-10-43(51-34-46-16-14-30-69(54(46)35-52(51)60(62)63)40(4)50-33-45(41(5)70)25-26-53(50)68(9)47-27-31-74-32-28-47)15-11-19-55(71)64-29-13-20-56(72)67-59(61(6,7)8)57(73)49-18-12-17-48(49)38(2)65-36-42-21-23-44(24-22-42)58-39(3)66-37-75-58/h10,15,21-24,34-35,37,45,47-49,59-60,65H,1-2,4,11-14,16-20,25-33,36H2,3,5-9H3,(H,64,71)(H,67,72)/b43-15+/t45?,48-,49?,59+/m0/s1. The molecule has 0 spiro atoms. The Labute approximate surface area is 448 Å². The number of ether oxygens (including phenoxy) is 1. The fourth-order valence-corrected chi connectivity index (χ4v) is 12.4. The number of ketones is 2. The number of rotatable bonds is 23. The van der Waals surface area contributed by atoms with Gasteiger partial charge in [-0.1, -0.05) is 83.3 Å². The molecule has 7 rings (SSSR count). The van der Waals surface area contributed by atoms with Crippen LogP contribution in [0.5, 0.6) is 0 Å². The number of allylic oxidation sites excluding steroid dienone is 6. The highest BCUT2D eigenvalue weighted by Crippen LogP contribution is 2.44. The maximum Gasteiger partial charge on any atom is 0.264 e. The molecule has 1 saturated carbocycles. The predicted octanol–water partition coefficient (Wildman–Crippen LogP) is 12.1. The monoisotopic (exact) mass is 1050 g/mol. The van der Waals surface area contributed by atoms with E-state index in [2.05, 4.69) is 81.8 Å². The van der Waals surface area contributed by atoms with Crippen LogP contribution in [0.4, 0.5) is 14.5 Å². The van der Waals surface area contributed by atoms with Gasteiger partial charge in [0.15, 0.2) is 5.78 Å². The van der Waals surface area contributed by atoms with Crippen molar-refractivity contribution in [3.8, 4) is 10.4 Å². The molecule has 1 saturated heterocycles. The number of thiazole rings is 1. The number of Topliss-reactive ketones (excluding diaryl/α,β-unsaturated/α-hetero) is 2. The first kappa shape index (κ1) is 57.0. The molecule has 11 nitrogen and oxygen atoms in total. The Bertz CT molecular complexity index is 2640. The molecule has 14 heteroatoms. The van der Waals surface area contributed by atoms with Crippen molar-refractivity contribution in [3.05, 3.63) is 124 Å². The Balaban J connectivity index is 0.910. The Morgan fingerprint density at radius 3 is 2.36 bits per heavy atom. The smallest absolute Gasteiger partial charge is 0.264 e. The second-order valence-corrected chi connectivity index (χ2v) is 23.0. The molecule has 4 atom stereocenters. The molecule has 2 aromatic carbocycles. The van der Waals surface area contributed by atoms with E-state index in [1.807, 2.05) is 39.3 Å². The zero-order valence-corrected chi connectivity index (χ0v) is 46.1. The third-order valence-electron chi connectivity index (χ3n) is 16.0. The van der Waals surface area contributed by atoms with E-state index in [0.717, 1.165) is 95.6 Å². The fraction of sp³-hybridized carbons (Fsp3) is 0.525. The normalized spacial score (nSPS) is 19.8. The van der Waals surface area contributed by atoms with Crippen LogP contribution in [0.25, 0.3) is 16.0 Å². The average Bonchev–Trinajstić information content (AvgIpc) is 4.08. The van der Waals surface area contributed by atoms with Gasteiger partial charge >= 0.3 is 0 Å². The van der Waals surface area contributed by atoms with Crippen LogP contribution in [0.15, 0.2) is 96.5 Å². The number of aryl methyl sites for hydroxylation is 2. The SMILES string of the molecule is C=C/C(=C\CCC(=O)NCCCC(=O)N[C@H](C(=O)C1CCC[C@H]1C(=C)NCc1ccc(-c2scnc2C)cc1)C(C)(C)C)c1cc2c(cc1C(F)F)N(C(=C)C1=C(N(C)C3CCOCC3)CCC(C(C)=O)C1)CCC2. The summed E-state index contributed by atoms with van der Waals surface area (Å²) in [4.78, 5) is 63.4. The number of carbonyl (C=O) groups is 4. The average molecular weight is 1050 g/mol. The number of amides is 2. The van der Waals surface area contributed by atoms with Crippen LogP contribution < -0.4 is 20.9 Å². The first-order chi connectivity index (χ1) is 35.9. The Hall–Kier alpha value is -5.73. The van der Waals surface area contributed by atoms with Gasteiger partial charge in [-0.15, -0.1) is 11.3 Å². The van der Waals surface area contributed by atoms with Crippen LogP contribution in [-0.2, 0) is 36.9 Å². The molecule has 2 fully saturated rings. The first-order valence-corrected chi connectivity index (χ1v) is 28.0. The van der Waals surface area contributed by atoms with E-state index >= 15 is 8.78 Å². The fourth-order valence-electron chi connectivity index (χ4n) is 11.6. The zero-order valence-electron chi connectivity index (χ0n) is 45.3. The number of anilines is 1. The summed E-state index contributed by atoms with van der Waals surface area (Å²) >= 11 is 1.63. The number of benzene rings is 2. The number of nitrogens with one attached hydrogen (secondary N) is 3. The molecule has 2 unspecified atom stereocenters. The van der Waals surface area contributed by atoms with Crippen molar-refractivity contribution in [2.24, 2.45) is 23.2 Å². The maximum atomic E-state index is 15.1. The van der Waals surface area contributed by atoms with Crippen molar-refractivity contribution in [1.29, 1.82) is 0 Å².